The molecule has 4 rings (SSSR count). The van der Waals surface area contributed by atoms with E-state index in [4.69, 9.17) is 9.15 Å². The van der Waals surface area contributed by atoms with Gasteiger partial charge in [-0.1, -0.05) is 0 Å². The smallest absolute Gasteiger partial charge is 0.337 e. The standard InChI is InChI=1S/C17H18FNO4/c1-10-13-6-12(18)2-3-14(13)23-15(10)8-19-7-11-4-5-22-17(11,9-19)16(20)21/h2-3,6,11H,4-5,7-9H2,1H3,(H,20,21)/t11-,17+/m0/s1. The van der Waals surface area contributed by atoms with Crippen molar-refractivity contribution in [2.75, 3.05) is 19.7 Å². The summed E-state index contributed by atoms with van der Waals surface area (Å²) in [4.78, 5) is 13.7. The number of carbonyl (C=O) groups is 1. The molecule has 2 saturated heterocycles. The number of ether oxygens (including phenoxy) is 1. The van der Waals surface area contributed by atoms with Crippen LogP contribution in [-0.4, -0.2) is 41.3 Å². The molecule has 122 valence electrons. The maximum Gasteiger partial charge on any atom is 0.337 e. The number of likely N-dealkylation sites (tertiary alicyclic amines) is 1. The molecule has 2 atom stereocenters. The molecular weight excluding hydrogens is 301 g/mol. The predicted molar refractivity (Wildman–Crippen MR) is 80.6 cm³/mol. The SMILES string of the molecule is Cc1c(CN2C[C@@H]3CCO[C@]3(C(=O)O)C2)oc2ccc(F)cc12. The fourth-order valence-corrected chi connectivity index (χ4v) is 3.88. The number of hydrogen-bond donors (Lipinski definition) is 1. The number of aliphatic carboxylic acids is 1. The Hall–Kier alpha value is -1.92. The largest absolute Gasteiger partial charge is 0.479 e. The first-order valence-corrected chi connectivity index (χ1v) is 7.77. The molecule has 1 aromatic heterocycles. The van der Waals surface area contributed by atoms with E-state index in [0.717, 1.165) is 23.1 Å². The summed E-state index contributed by atoms with van der Waals surface area (Å²) in [5, 5.41) is 10.3. The lowest BCUT2D eigenvalue weighted by molar-refractivity contribution is -0.161. The van der Waals surface area contributed by atoms with Crippen LogP contribution < -0.4 is 0 Å². The van der Waals surface area contributed by atoms with Gasteiger partial charge in [-0.3, -0.25) is 4.90 Å². The number of carboxylic acids is 1. The van der Waals surface area contributed by atoms with Crippen LogP contribution >= 0.6 is 0 Å². The average Bonchev–Trinajstić information content (AvgIpc) is 3.13. The molecule has 0 amide bonds. The Kier molecular flexibility index (Phi) is 3.21. The molecule has 1 aromatic carbocycles. The summed E-state index contributed by atoms with van der Waals surface area (Å²) in [5.41, 5.74) is 0.482. The van der Waals surface area contributed by atoms with Crippen molar-refractivity contribution in [1.82, 2.24) is 4.90 Å². The van der Waals surface area contributed by atoms with Gasteiger partial charge < -0.3 is 14.3 Å². The number of nitrogens with zero attached hydrogens (tertiary/aromatic N) is 1. The van der Waals surface area contributed by atoms with Gasteiger partial charge in [0, 0.05) is 31.0 Å². The molecule has 3 heterocycles. The van der Waals surface area contributed by atoms with Gasteiger partial charge in [0.2, 0.25) is 0 Å². The molecule has 5 nitrogen and oxygen atoms in total. The van der Waals surface area contributed by atoms with E-state index >= 15 is 0 Å². The number of furan rings is 1. The predicted octanol–water partition coefficient (Wildman–Crippen LogP) is 2.56. The molecule has 1 N–H and O–H groups in total. The summed E-state index contributed by atoms with van der Waals surface area (Å²) < 4.78 is 24.8. The molecule has 2 fully saturated rings. The van der Waals surface area contributed by atoms with Crippen LogP contribution in [0.3, 0.4) is 0 Å². The monoisotopic (exact) mass is 319 g/mol. The van der Waals surface area contributed by atoms with Crippen molar-refractivity contribution in [2.24, 2.45) is 5.92 Å². The number of halogens is 1. The van der Waals surface area contributed by atoms with Gasteiger partial charge in [-0.15, -0.1) is 0 Å². The van der Waals surface area contributed by atoms with E-state index in [1.165, 1.54) is 12.1 Å². The Labute approximate surface area is 132 Å². The Morgan fingerprint density at radius 3 is 3.09 bits per heavy atom. The van der Waals surface area contributed by atoms with Crippen LogP contribution in [-0.2, 0) is 16.1 Å². The highest BCUT2D eigenvalue weighted by atomic mass is 19.1. The first-order chi connectivity index (χ1) is 11.0. The minimum absolute atomic E-state index is 0.0159. The number of carboxylic acid groups (broad SMARTS) is 1. The molecule has 0 unspecified atom stereocenters. The van der Waals surface area contributed by atoms with Crippen LogP contribution in [0.4, 0.5) is 4.39 Å². The third-order valence-electron chi connectivity index (χ3n) is 5.15. The minimum Gasteiger partial charge on any atom is -0.479 e. The first kappa shape index (κ1) is 14.7. The highest BCUT2D eigenvalue weighted by Crippen LogP contribution is 2.40. The summed E-state index contributed by atoms with van der Waals surface area (Å²) in [6, 6.07) is 4.47. The van der Waals surface area contributed by atoms with Gasteiger partial charge in [-0.2, -0.15) is 0 Å². The van der Waals surface area contributed by atoms with E-state index in [1.54, 1.807) is 6.07 Å². The molecule has 0 saturated carbocycles. The van der Waals surface area contributed by atoms with Gasteiger partial charge >= 0.3 is 5.97 Å². The first-order valence-electron chi connectivity index (χ1n) is 7.77. The zero-order chi connectivity index (χ0) is 16.2. The zero-order valence-electron chi connectivity index (χ0n) is 12.8. The third kappa shape index (κ3) is 2.16. The second-order valence-corrected chi connectivity index (χ2v) is 6.49. The van der Waals surface area contributed by atoms with Crippen molar-refractivity contribution in [2.45, 2.75) is 25.5 Å². The lowest BCUT2D eigenvalue weighted by Crippen LogP contribution is -2.45. The van der Waals surface area contributed by atoms with Crippen LogP contribution in [0, 0.1) is 18.7 Å². The highest BCUT2D eigenvalue weighted by Gasteiger charge is 2.56. The van der Waals surface area contributed by atoms with E-state index in [2.05, 4.69) is 4.90 Å². The molecule has 6 heteroatoms. The van der Waals surface area contributed by atoms with Gasteiger partial charge in [0.25, 0.3) is 0 Å². The van der Waals surface area contributed by atoms with Gasteiger partial charge in [-0.25, -0.2) is 9.18 Å². The van der Waals surface area contributed by atoms with Gasteiger partial charge in [0.05, 0.1) is 6.54 Å². The van der Waals surface area contributed by atoms with Crippen molar-refractivity contribution in [3.8, 4) is 0 Å². The average molecular weight is 319 g/mol. The molecule has 2 aliphatic rings. The van der Waals surface area contributed by atoms with Crippen molar-refractivity contribution in [3.63, 3.8) is 0 Å². The summed E-state index contributed by atoms with van der Waals surface area (Å²) in [6.07, 6.45) is 0.771. The molecule has 0 radical (unpaired) electrons. The number of fused-ring (bicyclic) bond motifs is 2. The van der Waals surface area contributed by atoms with Gasteiger partial charge in [0.1, 0.15) is 17.2 Å². The Balaban J connectivity index is 1.60. The minimum atomic E-state index is -1.08. The summed E-state index contributed by atoms with van der Waals surface area (Å²) in [5.74, 6) is -0.402. The molecule has 2 aliphatic heterocycles. The normalized spacial score (nSPS) is 27.7. The van der Waals surface area contributed by atoms with E-state index in [0.29, 0.717) is 31.8 Å². The second kappa shape index (κ2) is 5.04. The van der Waals surface area contributed by atoms with Crippen molar-refractivity contribution < 1.29 is 23.4 Å². The number of rotatable bonds is 3. The molecule has 0 bridgehead atoms. The van der Waals surface area contributed by atoms with E-state index in [-0.39, 0.29) is 11.7 Å². The number of benzene rings is 1. The van der Waals surface area contributed by atoms with Crippen LogP contribution in [0.15, 0.2) is 22.6 Å². The maximum atomic E-state index is 13.4. The van der Waals surface area contributed by atoms with Crippen LogP contribution in [0.2, 0.25) is 0 Å². The van der Waals surface area contributed by atoms with Gasteiger partial charge in [0.15, 0.2) is 5.60 Å². The van der Waals surface area contributed by atoms with Gasteiger partial charge in [-0.05, 0) is 37.1 Å². The van der Waals surface area contributed by atoms with E-state index < -0.39 is 11.6 Å². The van der Waals surface area contributed by atoms with Crippen LogP contribution in [0.5, 0.6) is 0 Å². The van der Waals surface area contributed by atoms with Crippen molar-refractivity contribution in [3.05, 3.63) is 35.3 Å². The maximum absolute atomic E-state index is 13.4. The zero-order valence-corrected chi connectivity index (χ0v) is 12.8. The lowest BCUT2D eigenvalue weighted by Gasteiger charge is -2.22. The topological polar surface area (TPSA) is 62.9 Å². The van der Waals surface area contributed by atoms with E-state index in [1.807, 2.05) is 6.92 Å². The number of hydrogen-bond acceptors (Lipinski definition) is 4. The van der Waals surface area contributed by atoms with Crippen molar-refractivity contribution >= 4 is 16.9 Å². The summed E-state index contributed by atoms with van der Waals surface area (Å²) in [7, 11) is 0. The molecule has 0 spiro atoms. The quantitative estimate of drug-likeness (QED) is 0.942. The molecule has 2 aromatic rings. The summed E-state index contributed by atoms with van der Waals surface area (Å²) >= 11 is 0. The molecular formula is C17H18FNO4. The highest BCUT2D eigenvalue weighted by molar-refractivity contribution is 5.82. The fraction of sp³-hybridized carbons (Fsp3) is 0.471. The fourth-order valence-electron chi connectivity index (χ4n) is 3.88. The summed E-state index contributed by atoms with van der Waals surface area (Å²) in [6.45, 7) is 3.96. The second-order valence-electron chi connectivity index (χ2n) is 6.49. The Morgan fingerprint density at radius 2 is 2.35 bits per heavy atom. The Morgan fingerprint density at radius 1 is 1.52 bits per heavy atom. The van der Waals surface area contributed by atoms with Crippen LogP contribution in [0.1, 0.15) is 17.7 Å². The van der Waals surface area contributed by atoms with Crippen LogP contribution in [0.25, 0.3) is 11.0 Å². The van der Waals surface area contributed by atoms with E-state index in [9.17, 15) is 14.3 Å². The Bertz CT molecular complexity index is 786. The van der Waals surface area contributed by atoms with Crippen molar-refractivity contribution in [1.29, 1.82) is 0 Å². The lowest BCUT2D eigenvalue weighted by atomic mass is 9.91. The molecule has 23 heavy (non-hydrogen) atoms. The molecule has 0 aliphatic carbocycles. The number of aryl methyl sites for hydroxylation is 1. The third-order valence-corrected chi connectivity index (χ3v) is 5.15.